The molecule has 0 atom stereocenters. The molecule has 6 rings (SSSR count). The number of H-pyrrole nitrogens is 1. The lowest BCUT2D eigenvalue weighted by molar-refractivity contribution is -0.115. The fraction of sp³-hybridized carbons (Fsp3) is 0.0370. The maximum atomic E-state index is 12.7. The quantitative estimate of drug-likeness (QED) is 0.253. The fourth-order valence-electron chi connectivity index (χ4n) is 4.19. The minimum absolute atomic E-state index is 0.150. The molecule has 0 fully saturated rings. The van der Waals surface area contributed by atoms with E-state index in [1.807, 2.05) is 36.5 Å². The van der Waals surface area contributed by atoms with Gasteiger partial charge in [-0.15, -0.1) is 0 Å². The summed E-state index contributed by atoms with van der Waals surface area (Å²) in [5, 5.41) is 10.5. The molecule has 3 heterocycles. The van der Waals surface area contributed by atoms with Crippen LogP contribution in [0, 0.1) is 0 Å². The number of fused-ring (bicyclic) bond motifs is 4. The van der Waals surface area contributed by atoms with E-state index in [-0.39, 0.29) is 18.2 Å². The van der Waals surface area contributed by atoms with E-state index in [4.69, 9.17) is 11.6 Å². The first-order valence-corrected chi connectivity index (χ1v) is 11.6. The highest BCUT2D eigenvalue weighted by Gasteiger charge is 2.21. The zero-order chi connectivity index (χ0) is 24.6. The van der Waals surface area contributed by atoms with Gasteiger partial charge in [0.1, 0.15) is 0 Å². The van der Waals surface area contributed by atoms with Gasteiger partial charge in [0.15, 0.2) is 0 Å². The Kier molecular flexibility index (Phi) is 5.35. The summed E-state index contributed by atoms with van der Waals surface area (Å²) >= 11 is 6.12. The van der Waals surface area contributed by atoms with Crippen LogP contribution >= 0.6 is 11.6 Å². The lowest BCUT2D eigenvalue weighted by Crippen LogP contribution is -2.12. The molecule has 36 heavy (non-hydrogen) atoms. The van der Waals surface area contributed by atoms with Gasteiger partial charge in [0, 0.05) is 56.4 Å². The Morgan fingerprint density at radius 1 is 0.972 bits per heavy atom. The van der Waals surface area contributed by atoms with Crippen LogP contribution in [0.5, 0.6) is 0 Å². The molecule has 0 saturated carbocycles. The molecule has 3 aromatic carbocycles. The predicted molar refractivity (Wildman–Crippen MR) is 141 cm³/mol. The molecular weight excluding hydrogens is 476 g/mol. The summed E-state index contributed by atoms with van der Waals surface area (Å²) in [4.78, 5) is 37.2. The van der Waals surface area contributed by atoms with Gasteiger partial charge in [-0.05, 0) is 66.7 Å². The van der Waals surface area contributed by atoms with Gasteiger partial charge in [-0.25, -0.2) is 9.97 Å². The Hall–Kier alpha value is -4.69. The second-order valence-corrected chi connectivity index (χ2v) is 8.85. The number of benzene rings is 3. The maximum absolute atomic E-state index is 12.7. The molecule has 1 aliphatic heterocycles. The molecule has 9 heteroatoms. The van der Waals surface area contributed by atoms with Crippen molar-refractivity contribution in [2.24, 2.45) is 0 Å². The van der Waals surface area contributed by atoms with Gasteiger partial charge in [-0.2, -0.15) is 0 Å². The molecule has 0 aliphatic carbocycles. The van der Waals surface area contributed by atoms with Gasteiger partial charge >= 0.3 is 0 Å². The third-order valence-electron chi connectivity index (χ3n) is 5.94. The van der Waals surface area contributed by atoms with Crippen molar-refractivity contribution in [3.05, 3.63) is 95.3 Å². The second-order valence-electron chi connectivity index (χ2n) is 8.42. The van der Waals surface area contributed by atoms with Crippen molar-refractivity contribution in [2.45, 2.75) is 6.42 Å². The van der Waals surface area contributed by atoms with Crippen molar-refractivity contribution in [1.29, 1.82) is 0 Å². The van der Waals surface area contributed by atoms with E-state index in [1.54, 1.807) is 42.6 Å². The van der Waals surface area contributed by atoms with E-state index in [1.165, 1.54) is 0 Å². The number of anilines is 4. The summed E-state index contributed by atoms with van der Waals surface area (Å²) in [5.41, 5.74) is 5.75. The van der Waals surface area contributed by atoms with Crippen LogP contribution in [0.25, 0.3) is 22.2 Å². The standard InChI is InChI=1S/C27H19ClN6O2/c28-18-3-7-21-23(13-18)33-24(35)12-17-14-30-27(34-25(17)21)32-19-4-1-15(2-5-19)26(36)31-20-6-8-22-16(11-20)9-10-29-22/h1-11,13-14,29H,12H2,(H,31,36)(H,33,35)(H,30,32,34). The van der Waals surface area contributed by atoms with E-state index < -0.39 is 0 Å². The van der Waals surface area contributed by atoms with E-state index in [2.05, 4.69) is 30.9 Å². The Morgan fingerprint density at radius 3 is 2.67 bits per heavy atom. The average molecular weight is 495 g/mol. The van der Waals surface area contributed by atoms with Crippen molar-refractivity contribution >= 4 is 57.3 Å². The Morgan fingerprint density at radius 2 is 1.81 bits per heavy atom. The molecule has 4 N–H and O–H groups in total. The number of aromatic amines is 1. The number of halogens is 1. The average Bonchev–Trinajstić information content (AvgIpc) is 3.28. The highest BCUT2D eigenvalue weighted by molar-refractivity contribution is 6.31. The molecule has 1 aliphatic rings. The summed E-state index contributed by atoms with van der Waals surface area (Å²) in [6.45, 7) is 0. The minimum Gasteiger partial charge on any atom is -0.361 e. The van der Waals surface area contributed by atoms with Gasteiger partial charge < -0.3 is 20.9 Å². The fourth-order valence-corrected chi connectivity index (χ4v) is 4.36. The Labute approximate surface area is 210 Å². The number of carbonyl (C=O) groups is 2. The maximum Gasteiger partial charge on any atom is 0.255 e. The Bertz CT molecular complexity index is 1640. The van der Waals surface area contributed by atoms with Crippen molar-refractivity contribution in [2.75, 3.05) is 16.0 Å². The minimum atomic E-state index is -0.204. The van der Waals surface area contributed by atoms with Crippen LogP contribution in [-0.2, 0) is 11.2 Å². The predicted octanol–water partition coefficient (Wildman–Crippen LogP) is 5.77. The number of rotatable bonds is 4. The molecule has 176 valence electrons. The van der Waals surface area contributed by atoms with E-state index in [0.29, 0.717) is 27.9 Å². The smallest absolute Gasteiger partial charge is 0.255 e. The van der Waals surface area contributed by atoms with Gasteiger partial charge in [0.05, 0.1) is 17.8 Å². The molecule has 5 aromatic rings. The molecule has 0 spiro atoms. The van der Waals surface area contributed by atoms with Crippen LogP contribution < -0.4 is 16.0 Å². The summed E-state index contributed by atoms with van der Waals surface area (Å²) in [6.07, 6.45) is 3.68. The third kappa shape index (κ3) is 4.25. The van der Waals surface area contributed by atoms with Crippen LogP contribution in [-0.4, -0.2) is 26.8 Å². The van der Waals surface area contributed by atoms with E-state index in [9.17, 15) is 9.59 Å². The molecule has 2 amide bonds. The van der Waals surface area contributed by atoms with Crippen molar-refractivity contribution in [3.63, 3.8) is 0 Å². The van der Waals surface area contributed by atoms with Crippen molar-refractivity contribution in [1.82, 2.24) is 15.0 Å². The summed E-state index contributed by atoms with van der Waals surface area (Å²) in [5.74, 6) is 0.0228. The summed E-state index contributed by atoms with van der Waals surface area (Å²) in [7, 11) is 0. The molecule has 0 saturated heterocycles. The SMILES string of the molecule is O=C1Cc2cnc(Nc3ccc(C(=O)Nc4ccc5[nH]ccc5c4)cc3)nc2-c2ccc(Cl)cc2N1. The lowest BCUT2D eigenvalue weighted by Gasteiger charge is -2.11. The molecule has 2 aromatic heterocycles. The number of carbonyl (C=O) groups excluding carboxylic acids is 2. The normalized spacial score (nSPS) is 12.3. The Balaban J connectivity index is 1.21. The number of nitrogens with zero attached hydrogens (tertiary/aromatic N) is 2. The molecule has 0 bridgehead atoms. The highest BCUT2D eigenvalue weighted by atomic mass is 35.5. The van der Waals surface area contributed by atoms with Gasteiger partial charge in [0.25, 0.3) is 5.91 Å². The van der Waals surface area contributed by atoms with Gasteiger partial charge in [-0.3, -0.25) is 9.59 Å². The number of aromatic nitrogens is 3. The topological polar surface area (TPSA) is 112 Å². The first-order valence-electron chi connectivity index (χ1n) is 11.2. The van der Waals surface area contributed by atoms with E-state index in [0.717, 1.165) is 33.4 Å². The van der Waals surface area contributed by atoms with Crippen LogP contribution in [0.1, 0.15) is 15.9 Å². The molecular formula is C27H19ClN6O2. The zero-order valence-electron chi connectivity index (χ0n) is 18.8. The first-order chi connectivity index (χ1) is 17.5. The number of nitrogens with one attached hydrogen (secondary N) is 4. The largest absolute Gasteiger partial charge is 0.361 e. The number of hydrogen-bond donors (Lipinski definition) is 4. The monoisotopic (exact) mass is 494 g/mol. The highest BCUT2D eigenvalue weighted by Crippen LogP contribution is 2.35. The number of amides is 2. The van der Waals surface area contributed by atoms with Gasteiger partial charge in [0.2, 0.25) is 11.9 Å². The number of hydrogen-bond acceptors (Lipinski definition) is 5. The second kappa shape index (κ2) is 8.83. The van der Waals surface area contributed by atoms with Crippen molar-refractivity contribution < 1.29 is 9.59 Å². The van der Waals surface area contributed by atoms with Crippen molar-refractivity contribution in [3.8, 4) is 11.3 Å². The summed E-state index contributed by atoms with van der Waals surface area (Å²) < 4.78 is 0. The van der Waals surface area contributed by atoms with Crippen LogP contribution in [0.2, 0.25) is 5.02 Å². The lowest BCUT2D eigenvalue weighted by atomic mass is 10.1. The zero-order valence-corrected chi connectivity index (χ0v) is 19.6. The van der Waals surface area contributed by atoms with Crippen LogP contribution in [0.15, 0.2) is 79.1 Å². The van der Waals surface area contributed by atoms with E-state index >= 15 is 0 Å². The molecule has 0 unspecified atom stereocenters. The van der Waals surface area contributed by atoms with Crippen LogP contribution in [0.3, 0.4) is 0 Å². The van der Waals surface area contributed by atoms with Gasteiger partial charge in [-0.1, -0.05) is 11.6 Å². The summed E-state index contributed by atoms with van der Waals surface area (Å²) in [6, 6.07) is 20.0. The molecule has 0 radical (unpaired) electrons. The molecule has 8 nitrogen and oxygen atoms in total. The van der Waals surface area contributed by atoms with Crippen LogP contribution in [0.4, 0.5) is 23.0 Å². The first kappa shape index (κ1) is 21.8. The third-order valence-corrected chi connectivity index (χ3v) is 6.18.